The van der Waals surface area contributed by atoms with Crippen LogP contribution < -0.4 is 14.8 Å². The molecule has 2 heterocycles. The molecule has 0 saturated heterocycles. The van der Waals surface area contributed by atoms with E-state index >= 15 is 0 Å². The second-order valence-corrected chi connectivity index (χ2v) is 6.04. The number of amides is 1. The number of hydrogen-bond acceptors (Lipinski definition) is 4. The van der Waals surface area contributed by atoms with Gasteiger partial charge in [0.2, 0.25) is 0 Å². The predicted octanol–water partition coefficient (Wildman–Crippen LogP) is 4.35. The van der Waals surface area contributed by atoms with Crippen LogP contribution in [0.4, 0.5) is 5.69 Å². The van der Waals surface area contributed by atoms with Crippen molar-refractivity contribution in [1.82, 2.24) is 9.38 Å². The fourth-order valence-corrected chi connectivity index (χ4v) is 2.89. The molecule has 2 aromatic heterocycles. The summed E-state index contributed by atoms with van der Waals surface area (Å²) in [5.74, 6) is 0.957. The number of aromatic nitrogens is 2. The molecule has 136 valence electrons. The zero-order valence-electron chi connectivity index (χ0n) is 14.9. The van der Waals surface area contributed by atoms with Crippen molar-refractivity contribution in [2.45, 2.75) is 20.8 Å². The SMILES string of the molecule is CCOc1ccc(NC(=O)c2c(C)nc3ccc(Cl)cn23)cc1OCC. The summed E-state index contributed by atoms with van der Waals surface area (Å²) >= 11 is 6.06. The van der Waals surface area contributed by atoms with Crippen LogP contribution in [-0.2, 0) is 0 Å². The van der Waals surface area contributed by atoms with Gasteiger partial charge in [0.25, 0.3) is 5.91 Å². The van der Waals surface area contributed by atoms with Gasteiger partial charge in [0.1, 0.15) is 11.3 Å². The van der Waals surface area contributed by atoms with Crippen molar-refractivity contribution in [3.8, 4) is 11.5 Å². The highest BCUT2D eigenvalue weighted by atomic mass is 35.5. The molecular weight excluding hydrogens is 354 g/mol. The minimum absolute atomic E-state index is 0.274. The number of fused-ring (bicyclic) bond motifs is 1. The van der Waals surface area contributed by atoms with E-state index in [4.69, 9.17) is 21.1 Å². The number of anilines is 1. The van der Waals surface area contributed by atoms with Gasteiger partial charge in [-0.25, -0.2) is 4.98 Å². The summed E-state index contributed by atoms with van der Waals surface area (Å²) in [6.07, 6.45) is 1.68. The Morgan fingerprint density at radius 1 is 1.15 bits per heavy atom. The lowest BCUT2D eigenvalue weighted by Gasteiger charge is -2.13. The number of carbonyl (C=O) groups is 1. The second-order valence-electron chi connectivity index (χ2n) is 5.60. The molecule has 0 bridgehead atoms. The lowest BCUT2D eigenvalue weighted by Crippen LogP contribution is -2.15. The molecule has 7 heteroatoms. The van der Waals surface area contributed by atoms with Gasteiger partial charge >= 0.3 is 0 Å². The van der Waals surface area contributed by atoms with Gasteiger partial charge in [-0.15, -0.1) is 0 Å². The highest BCUT2D eigenvalue weighted by Crippen LogP contribution is 2.31. The Balaban J connectivity index is 1.92. The molecule has 0 aliphatic heterocycles. The van der Waals surface area contributed by atoms with Crippen LogP contribution in [-0.4, -0.2) is 28.5 Å². The van der Waals surface area contributed by atoms with Crippen molar-refractivity contribution in [1.29, 1.82) is 0 Å². The lowest BCUT2D eigenvalue weighted by molar-refractivity contribution is 0.102. The number of rotatable bonds is 6. The normalized spacial score (nSPS) is 10.8. The van der Waals surface area contributed by atoms with Crippen molar-refractivity contribution < 1.29 is 14.3 Å². The standard InChI is InChI=1S/C19H20ClN3O3/c1-4-25-15-8-7-14(10-16(15)26-5-2)22-19(24)18-12(3)21-17-9-6-13(20)11-23(17)18/h6-11H,4-5H2,1-3H3,(H,22,24). The van der Waals surface area contributed by atoms with E-state index in [1.165, 1.54) is 0 Å². The quantitative estimate of drug-likeness (QED) is 0.697. The molecule has 1 aromatic carbocycles. The van der Waals surface area contributed by atoms with E-state index in [0.717, 1.165) is 0 Å². The number of nitrogens with one attached hydrogen (secondary N) is 1. The molecule has 0 spiro atoms. The third-order valence-corrected chi connectivity index (χ3v) is 4.00. The van der Waals surface area contributed by atoms with E-state index in [1.807, 2.05) is 13.8 Å². The Labute approximate surface area is 156 Å². The molecule has 0 atom stereocenters. The summed E-state index contributed by atoms with van der Waals surface area (Å²) in [6, 6.07) is 8.82. The van der Waals surface area contributed by atoms with Crippen LogP contribution in [0.5, 0.6) is 11.5 Å². The topological polar surface area (TPSA) is 64.9 Å². The molecule has 3 aromatic rings. The molecule has 1 amide bonds. The van der Waals surface area contributed by atoms with Crippen molar-refractivity contribution in [2.24, 2.45) is 0 Å². The average molecular weight is 374 g/mol. The monoisotopic (exact) mass is 373 g/mol. The van der Waals surface area contributed by atoms with Gasteiger partial charge < -0.3 is 14.8 Å². The number of ether oxygens (including phenoxy) is 2. The number of carbonyl (C=O) groups excluding carboxylic acids is 1. The molecule has 0 aliphatic carbocycles. The number of hydrogen-bond donors (Lipinski definition) is 1. The van der Waals surface area contributed by atoms with Gasteiger partial charge in [-0.1, -0.05) is 11.6 Å². The minimum atomic E-state index is -0.274. The highest BCUT2D eigenvalue weighted by Gasteiger charge is 2.18. The van der Waals surface area contributed by atoms with Gasteiger partial charge in [0.05, 0.1) is 23.9 Å². The maximum Gasteiger partial charge on any atom is 0.274 e. The molecule has 0 saturated carbocycles. The van der Waals surface area contributed by atoms with E-state index in [-0.39, 0.29) is 5.91 Å². The number of pyridine rings is 1. The first kappa shape index (κ1) is 18.1. The molecule has 0 unspecified atom stereocenters. The van der Waals surface area contributed by atoms with E-state index in [2.05, 4.69) is 10.3 Å². The lowest BCUT2D eigenvalue weighted by atomic mass is 10.2. The average Bonchev–Trinajstić information content (AvgIpc) is 2.92. The Kier molecular flexibility index (Phi) is 5.32. The summed E-state index contributed by atoms with van der Waals surface area (Å²) < 4.78 is 12.8. The fraction of sp³-hybridized carbons (Fsp3) is 0.263. The molecule has 0 radical (unpaired) electrons. The van der Waals surface area contributed by atoms with Crippen LogP contribution in [0.25, 0.3) is 5.65 Å². The summed E-state index contributed by atoms with van der Waals surface area (Å²) in [7, 11) is 0. The van der Waals surface area contributed by atoms with Gasteiger partial charge in [-0.2, -0.15) is 0 Å². The molecule has 1 N–H and O–H groups in total. The maximum atomic E-state index is 12.8. The van der Waals surface area contributed by atoms with Crippen LogP contribution >= 0.6 is 11.6 Å². The molecule has 3 rings (SSSR count). The number of nitrogens with zero attached hydrogens (tertiary/aromatic N) is 2. The molecule has 0 aliphatic rings. The minimum Gasteiger partial charge on any atom is -0.490 e. The van der Waals surface area contributed by atoms with E-state index < -0.39 is 0 Å². The van der Waals surface area contributed by atoms with Crippen LogP contribution in [0, 0.1) is 6.92 Å². The molecule has 6 nitrogen and oxygen atoms in total. The highest BCUT2D eigenvalue weighted by molar-refractivity contribution is 6.30. The third kappa shape index (κ3) is 3.60. The van der Waals surface area contributed by atoms with Crippen molar-refractivity contribution in [3.05, 3.63) is 52.9 Å². The van der Waals surface area contributed by atoms with E-state index in [1.54, 1.807) is 47.9 Å². The zero-order valence-corrected chi connectivity index (χ0v) is 15.6. The summed E-state index contributed by atoms with van der Waals surface area (Å²) in [5.41, 5.74) is 2.34. The molecular formula is C19H20ClN3O3. The first-order valence-corrected chi connectivity index (χ1v) is 8.76. The summed E-state index contributed by atoms with van der Waals surface area (Å²) in [6.45, 7) is 6.63. The van der Waals surface area contributed by atoms with E-state index in [0.29, 0.717) is 52.5 Å². The van der Waals surface area contributed by atoms with Gasteiger partial charge in [0, 0.05) is 18.0 Å². The van der Waals surface area contributed by atoms with Crippen molar-refractivity contribution >= 4 is 28.8 Å². The Morgan fingerprint density at radius 2 is 1.88 bits per heavy atom. The van der Waals surface area contributed by atoms with Gasteiger partial charge in [0.15, 0.2) is 11.5 Å². The first-order valence-electron chi connectivity index (χ1n) is 8.38. The van der Waals surface area contributed by atoms with Crippen LogP contribution in [0.2, 0.25) is 5.02 Å². The second kappa shape index (κ2) is 7.66. The smallest absolute Gasteiger partial charge is 0.274 e. The van der Waals surface area contributed by atoms with Crippen LogP contribution in [0.3, 0.4) is 0 Å². The van der Waals surface area contributed by atoms with Crippen molar-refractivity contribution in [3.63, 3.8) is 0 Å². The zero-order chi connectivity index (χ0) is 18.7. The number of benzene rings is 1. The van der Waals surface area contributed by atoms with Crippen molar-refractivity contribution in [2.75, 3.05) is 18.5 Å². The van der Waals surface area contributed by atoms with Crippen LogP contribution in [0.1, 0.15) is 30.0 Å². The maximum absolute atomic E-state index is 12.8. The largest absolute Gasteiger partial charge is 0.490 e. The number of halogens is 1. The molecule has 0 fully saturated rings. The number of aryl methyl sites for hydroxylation is 1. The summed E-state index contributed by atoms with van der Waals surface area (Å²) in [5, 5.41) is 3.42. The Hall–Kier alpha value is -2.73. The summed E-state index contributed by atoms with van der Waals surface area (Å²) in [4.78, 5) is 17.2. The first-order chi connectivity index (χ1) is 12.5. The van der Waals surface area contributed by atoms with Gasteiger partial charge in [-0.3, -0.25) is 9.20 Å². The Morgan fingerprint density at radius 3 is 2.62 bits per heavy atom. The third-order valence-electron chi connectivity index (χ3n) is 3.77. The number of imidazole rings is 1. The fourth-order valence-electron chi connectivity index (χ4n) is 2.73. The molecule has 26 heavy (non-hydrogen) atoms. The van der Waals surface area contributed by atoms with E-state index in [9.17, 15) is 4.79 Å². The van der Waals surface area contributed by atoms with Gasteiger partial charge in [-0.05, 0) is 45.0 Å². The predicted molar refractivity (Wildman–Crippen MR) is 102 cm³/mol. The van der Waals surface area contributed by atoms with Crippen LogP contribution in [0.15, 0.2) is 36.5 Å². The Bertz CT molecular complexity index is 953.